The fraction of sp³-hybridized carbons (Fsp3) is 0.769. The monoisotopic (exact) mass is 238 g/mol. The van der Waals surface area contributed by atoms with Gasteiger partial charge in [-0.2, -0.15) is 5.10 Å². The van der Waals surface area contributed by atoms with Crippen LogP contribution in [0.1, 0.15) is 49.9 Å². The lowest BCUT2D eigenvalue weighted by atomic mass is 10.1. The molecule has 4 nitrogen and oxygen atoms in total. The third-order valence-corrected chi connectivity index (χ3v) is 3.60. The minimum atomic E-state index is 0.153. The van der Waals surface area contributed by atoms with Gasteiger partial charge in [0, 0.05) is 18.6 Å². The average Bonchev–Trinajstić information content (AvgIpc) is 2.95. The SMILES string of the molecule is CCc1nn(C2CCCC2)c(OC)c1CCO. The molecule has 1 N–H and O–H groups in total. The molecule has 0 bridgehead atoms. The number of aliphatic hydroxyl groups excluding tert-OH is 1. The van der Waals surface area contributed by atoms with E-state index >= 15 is 0 Å². The van der Waals surface area contributed by atoms with Crippen molar-refractivity contribution in [1.82, 2.24) is 9.78 Å². The van der Waals surface area contributed by atoms with E-state index in [2.05, 4.69) is 16.7 Å². The van der Waals surface area contributed by atoms with Crippen LogP contribution in [-0.2, 0) is 12.8 Å². The first-order chi connectivity index (χ1) is 8.31. The Morgan fingerprint density at radius 3 is 2.65 bits per heavy atom. The van der Waals surface area contributed by atoms with Crippen LogP contribution in [0, 0.1) is 0 Å². The lowest BCUT2D eigenvalue weighted by Gasteiger charge is -2.13. The van der Waals surface area contributed by atoms with Crippen LogP contribution >= 0.6 is 0 Å². The predicted molar refractivity (Wildman–Crippen MR) is 66.5 cm³/mol. The van der Waals surface area contributed by atoms with Gasteiger partial charge in [0.05, 0.1) is 18.8 Å². The minimum Gasteiger partial charge on any atom is -0.481 e. The van der Waals surface area contributed by atoms with Crippen LogP contribution in [0.2, 0.25) is 0 Å². The molecule has 0 radical (unpaired) electrons. The molecular weight excluding hydrogens is 216 g/mol. The van der Waals surface area contributed by atoms with Gasteiger partial charge in [-0.25, -0.2) is 4.68 Å². The zero-order chi connectivity index (χ0) is 12.3. The first kappa shape index (κ1) is 12.4. The Hall–Kier alpha value is -1.03. The second kappa shape index (κ2) is 5.54. The van der Waals surface area contributed by atoms with Gasteiger partial charge in [-0.3, -0.25) is 0 Å². The Morgan fingerprint density at radius 1 is 1.41 bits per heavy atom. The topological polar surface area (TPSA) is 47.3 Å². The minimum absolute atomic E-state index is 0.153. The number of aryl methyl sites for hydroxylation is 1. The van der Waals surface area contributed by atoms with E-state index in [9.17, 15) is 0 Å². The second-order valence-corrected chi connectivity index (χ2v) is 4.64. The van der Waals surface area contributed by atoms with E-state index in [4.69, 9.17) is 9.84 Å². The van der Waals surface area contributed by atoms with Gasteiger partial charge in [0.25, 0.3) is 0 Å². The van der Waals surface area contributed by atoms with Crippen molar-refractivity contribution in [2.24, 2.45) is 0 Å². The third-order valence-electron chi connectivity index (χ3n) is 3.60. The highest BCUT2D eigenvalue weighted by atomic mass is 16.5. The molecule has 4 heteroatoms. The van der Waals surface area contributed by atoms with E-state index in [1.54, 1.807) is 7.11 Å². The van der Waals surface area contributed by atoms with Crippen LogP contribution in [-0.4, -0.2) is 28.6 Å². The maximum atomic E-state index is 9.14. The Balaban J connectivity index is 2.36. The third kappa shape index (κ3) is 2.32. The number of rotatable bonds is 5. The highest BCUT2D eigenvalue weighted by Gasteiger charge is 2.25. The molecule has 0 aromatic carbocycles. The van der Waals surface area contributed by atoms with Crippen molar-refractivity contribution >= 4 is 0 Å². The average molecular weight is 238 g/mol. The van der Waals surface area contributed by atoms with Gasteiger partial charge < -0.3 is 9.84 Å². The summed E-state index contributed by atoms with van der Waals surface area (Å²) in [5, 5.41) is 13.8. The summed E-state index contributed by atoms with van der Waals surface area (Å²) in [6.45, 7) is 2.25. The number of aromatic nitrogens is 2. The van der Waals surface area contributed by atoms with Crippen LogP contribution in [0.5, 0.6) is 5.88 Å². The molecule has 1 aromatic rings. The zero-order valence-electron chi connectivity index (χ0n) is 10.8. The van der Waals surface area contributed by atoms with Crippen LogP contribution in [0.25, 0.3) is 0 Å². The highest BCUT2D eigenvalue weighted by molar-refractivity contribution is 5.32. The maximum Gasteiger partial charge on any atom is 0.215 e. The molecule has 0 atom stereocenters. The molecule has 0 saturated heterocycles. The van der Waals surface area contributed by atoms with Crippen molar-refractivity contribution < 1.29 is 9.84 Å². The fourth-order valence-corrected chi connectivity index (χ4v) is 2.76. The predicted octanol–water partition coefficient (Wildman–Crippen LogP) is 2.10. The summed E-state index contributed by atoms with van der Waals surface area (Å²) in [4.78, 5) is 0. The molecule has 1 aliphatic carbocycles. The van der Waals surface area contributed by atoms with E-state index in [1.807, 2.05) is 0 Å². The lowest BCUT2D eigenvalue weighted by molar-refractivity contribution is 0.292. The van der Waals surface area contributed by atoms with Gasteiger partial charge in [0.15, 0.2) is 0 Å². The molecule has 1 saturated carbocycles. The molecule has 0 spiro atoms. The van der Waals surface area contributed by atoms with Gasteiger partial charge >= 0.3 is 0 Å². The number of ether oxygens (including phenoxy) is 1. The van der Waals surface area contributed by atoms with E-state index in [-0.39, 0.29) is 6.61 Å². The summed E-state index contributed by atoms with van der Waals surface area (Å²) in [6.07, 6.45) is 6.49. The van der Waals surface area contributed by atoms with Crippen molar-refractivity contribution in [2.45, 2.75) is 51.5 Å². The maximum absolute atomic E-state index is 9.14. The second-order valence-electron chi connectivity index (χ2n) is 4.64. The van der Waals surface area contributed by atoms with Crippen molar-refractivity contribution in [1.29, 1.82) is 0 Å². The molecule has 1 aliphatic rings. The quantitative estimate of drug-likeness (QED) is 0.854. The molecule has 0 unspecified atom stereocenters. The molecule has 0 amide bonds. The molecule has 96 valence electrons. The molecule has 0 aliphatic heterocycles. The summed E-state index contributed by atoms with van der Waals surface area (Å²) in [6, 6.07) is 0.489. The Labute approximate surface area is 103 Å². The number of methoxy groups -OCH3 is 1. The standard InChI is InChI=1S/C13H22N2O2/c1-3-12-11(8-9-16)13(17-2)15(14-12)10-6-4-5-7-10/h10,16H,3-9H2,1-2H3. The van der Waals surface area contributed by atoms with Gasteiger partial charge in [-0.1, -0.05) is 19.8 Å². The van der Waals surface area contributed by atoms with Crippen molar-refractivity contribution in [3.05, 3.63) is 11.3 Å². The fourth-order valence-electron chi connectivity index (χ4n) is 2.76. The number of hydrogen-bond donors (Lipinski definition) is 1. The zero-order valence-corrected chi connectivity index (χ0v) is 10.8. The summed E-state index contributed by atoms with van der Waals surface area (Å²) >= 11 is 0. The largest absolute Gasteiger partial charge is 0.481 e. The van der Waals surface area contributed by atoms with Gasteiger partial charge in [0.1, 0.15) is 0 Å². The molecule has 1 aromatic heterocycles. The lowest BCUT2D eigenvalue weighted by Crippen LogP contribution is -2.09. The van der Waals surface area contributed by atoms with Crippen LogP contribution < -0.4 is 4.74 Å². The van der Waals surface area contributed by atoms with E-state index in [1.165, 1.54) is 25.7 Å². The summed E-state index contributed by atoms with van der Waals surface area (Å²) in [5.74, 6) is 0.864. The van der Waals surface area contributed by atoms with Crippen LogP contribution in [0.15, 0.2) is 0 Å². The molecule has 1 fully saturated rings. The highest BCUT2D eigenvalue weighted by Crippen LogP contribution is 2.35. The number of aliphatic hydroxyl groups is 1. The summed E-state index contributed by atoms with van der Waals surface area (Å²) in [5.41, 5.74) is 2.16. The Kier molecular flexibility index (Phi) is 4.05. The number of hydrogen-bond acceptors (Lipinski definition) is 3. The molecule has 17 heavy (non-hydrogen) atoms. The van der Waals surface area contributed by atoms with E-state index < -0.39 is 0 Å². The van der Waals surface area contributed by atoms with Crippen LogP contribution in [0.4, 0.5) is 0 Å². The molecular formula is C13H22N2O2. The van der Waals surface area contributed by atoms with Gasteiger partial charge in [-0.15, -0.1) is 0 Å². The molecule has 1 heterocycles. The summed E-state index contributed by atoms with van der Waals surface area (Å²) < 4.78 is 7.57. The van der Waals surface area contributed by atoms with Gasteiger partial charge in [-0.05, 0) is 19.3 Å². The first-order valence-corrected chi connectivity index (χ1v) is 6.56. The smallest absolute Gasteiger partial charge is 0.215 e. The Morgan fingerprint density at radius 2 is 2.12 bits per heavy atom. The molecule has 2 rings (SSSR count). The summed E-state index contributed by atoms with van der Waals surface area (Å²) in [7, 11) is 1.70. The number of nitrogens with zero attached hydrogens (tertiary/aromatic N) is 2. The first-order valence-electron chi connectivity index (χ1n) is 6.56. The normalized spacial score (nSPS) is 16.6. The van der Waals surface area contributed by atoms with Crippen molar-refractivity contribution in [3.8, 4) is 5.88 Å². The van der Waals surface area contributed by atoms with E-state index in [0.717, 1.165) is 23.6 Å². The Bertz CT molecular complexity index is 368. The van der Waals surface area contributed by atoms with Crippen LogP contribution in [0.3, 0.4) is 0 Å². The van der Waals surface area contributed by atoms with E-state index in [0.29, 0.717) is 12.5 Å². The van der Waals surface area contributed by atoms with Gasteiger partial charge in [0.2, 0.25) is 5.88 Å². The van der Waals surface area contributed by atoms with Crippen molar-refractivity contribution in [2.75, 3.05) is 13.7 Å². The van der Waals surface area contributed by atoms with Crippen molar-refractivity contribution in [3.63, 3.8) is 0 Å².